The molecule has 0 atom stereocenters. The van der Waals surface area contributed by atoms with Crippen molar-refractivity contribution < 1.29 is 13.6 Å². The molecule has 0 bridgehead atoms. The SMILES string of the molecule is O=C(Cc1ccc(Br)cn1)c1ccc(F)c(F)c1Br. The minimum Gasteiger partial charge on any atom is -0.294 e. The predicted molar refractivity (Wildman–Crippen MR) is 74.0 cm³/mol. The molecule has 0 unspecified atom stereocenters. The molecule has 0 amide bonds. The molecule has 0 saturated heterocycles. The van der Waals surface area contributed by atoms with E-state index >= 15 is 0 Å². The molecule has 0 aliphatic rings. The molecule has 1 aromatic heterocycles. The zero-order valence-electron chi connectivity index (χ0n) is 9.46. The van der Waals surface area contributed by atoms with Crippen LogP contribution in [0.1, 0.15) is 16.1 Å². The van der Waals surface area contributed by atoms with Crippen LogP contribution in [0.15, 0.2) is 39.4 Å². The zero-order valence-corrected chi connectivity index (χ0v) is 12.6. The number of halogens is 4. The fourth-order valence-corrected chi connectivity index (χ4v) is 2.29. The molecule has 0 aliphatic carbocycles. The molecule has 0 saturated carbocycles. The second-order valence-electron chi connectivity index (χ2n) is 3.79. The Morgan fingerprint density at radius 1 is 1.16 bits per heavy atom. The molecule has 1 aromatic carbocycles. The van der Waals surface area contributed by atoms with E-state index in [9.17, 15) is 13.6 Å². The van der Waals surface area contributed by atoms with Crippen molar-refractivity contribution >= 4 is 37.6 Å². The van der Waals surface area contributed by atoms with Crippen LogP contribution in [0.3, 0.4) is 0 Å². The quantitative estimate of drug-likeness (QED) is 0.577. The Morgan fingerprint density at radius 2 is 1.89 bits per heavy atom. The highest BCUT2D eigenvalue weighted by Gasteiger charge is 2.17. The number of benzene rings is 1. The number of pyridine rings is 1. The average molecular weight is 391 g/mol. The summed E-state index contributed by atoms with van der Waals surface area (Å²) in [7, 11) is 0. The Bertz CT molecular complexity index is 629. The van der Waals surface area contributed by atoms with Crippen molar-refractivity contribution in [3.63, 3.8) is 0 Å². The van der Waals surface area contributed by atoms with Crippen LogP contribution in [0, 0.1) is 11.6 Å². The Morgan fingerprint density at radius 3 is 2.53 bits per heavy atom. The first-order valence-electron chi connectivity index (χ1n) is 5.26. The molecule has 2 aromatic rings. The van der Waals surface area contributed by atoms with E-state index in [1.165, 1.54) is 6.07 Å². The van der Waals surface area contributed by atoms with E-state index in [4.69, 9.17) is 0 Å². The van der Waals surface area contributed by atoms with Crippen LogP contribution < -0.4 is 0 Å². The van der Waals surface area contributed by atoms with Crippen molar-refractivity contribution in [1.29, 1.82) is 0 Å². The number of carbonyl (C=O) groups is 1. The molecule has 0 N–H and O–H groups in total. The van der Waals surface area contributed by atoms with Gasteiger partial charge in [-0.05, 0) is 56.1 Å². The van der Waals surface area contributed by atoms with E-state index in [2.05, 4.69) is 36.8 Å². The van der Waals surface area contributed by atoms with Crippen LogP contribution in [-0.4, -0.2) is 10.8 Å². The van der Waals surface area contributed by atoms with Gasteiger partial charge in [-0.2, -0.15) is 0 Å². The van der Waals surface area contributed by atoms with Crippen LogP contribution >= 0.6 is 31.9 Å². The molecule has 0 radical (unpaired) electrons. The Kier molecular flexibility index (Phi) is 4.42. The van der Waals surface area contributed by atoms with Crippen LogP contribution in [0.2, 0.25) is 0 Å². The predicted octanol–water partition coefficient (Wildman–Crippen LogP) is 4.31. The van der Waals surface area contributed by atoms with Gasteiger partial charge >= 0.3 is 0 Å². The summed E-state index contributed by atoms with van der Waals surface area (Å²) < 4.78 is 27.0. The summed E-state index contributed by atoms with van der Waals surface area (Å²) in [5.74, 6) is -2.39. The molecule has 0 aliphatic heterocycles. The largest absolute Gasteiger partial charge is 0.294 e. The van der Waals surface area contributed by atoms with Crippen LogP contribution in [0.5, 0.6) is 0 Å². The van der Waals surface area contributed by atoms with Gasteiger partial charge in [-0.25, -0.2) is 8.78 Å². The Labute approximate surface area is 125 Å². The summed E-state index contributed by atoms with van der Waals surface area (Å²) in [6.07, 6.45) is 1.60. The topological polar surface area (TPSA) is 30.0 Å². The molecule has 2 rings (SSSR count). The summed E-state index contributed by atoms with van der Waals surface area (Å²) in [5.41, 5.74) is 0.661. The van der Waals surface area contributed by atoms with Gasteiger partial charge in [-0.1, -0.05) is 0 Å². The van der Waals surface area contributed by atoms with Crippen molar-refractivity contribution in [3.05, 3.63) is 62.3 Å². The van der Waals surface area contributed by atoms with Gasteiger partial charge in [-0.15, -0.1) is 0 Å². The number of nitrogens with zero attached hydrogens (tertiary/aromatic N) is 1. The number of aromatic nitrogens is 1. The van der Waals surface area contributed by atoms with Crippen molar-refractivity contribution in [2.24, 2.45) is 0 Å². The Hall–Kier alpha value is -1.14. The van der Waals surface area contributed by atoms with Gasteiger partial charge in [0.15, 0.2) is 17.4 Å². The first-order valence-corrected chi connectivity index (χ1v) is 6.85. The van der Waals surface area contributed by atoms with Crippen LogP contribution in [0.25, 0.3) is 0 Å². The summed E-state index contributed by atoms with van der Waals surface area (Å²) in [6.45, 7) is 0. The lowest BCUT2D eigenvalue weighted by molar-refractivity contribution is 0.0990. The van der Waals surface area contributed by atoms with E-state index < -0.39 is 11.6 Å². The van der Waals surface area contributed by atoms with Gasteiger partial charge in [0.25, 0.3) is 0 Å². The normalized spacial score (nSPS) is 10.5. The number of ketones is 1. The molecule has 19 heavy (non-hydrogen) atoms. The average Bonchev–Trinajstić information content (AvgIpc) is 2.39. The van der Waals surface area contributed by atoms with Gasteiger partial charge in [-0.3, -0.25) is 9.78 Å². The van der Waals surface area contributed by atoms with Gasteiger partial charge < -0.3 is 0 Å². The monoisotopic (exact) mass is 389 g/mol. The highest BCUT2D eigenvalue weighted by Crippen LogP contribution is 2.24. The number of rotatable bonds is 3. The fraction of sp³-hybridized carbons (Fsp3) is 0.0769. The third-order valence-electron chi connectivity index (χ3n) is 2.47. The lowest BCUT2D eigenvalue weighted by Gasteiger charge is -2.05. The molecular weight excluding hydrogens is 384 g/mol. The van der Waals surface area contributed by atoms with Gasteiger partial charge in [0.1, 0.15) is 0 Å². The molecule has 98 valence electrons. The standard InChI is InChI=1S/C13H7Br2F2NO/c14-7-1-2-8(18-6-7)5-11(19)9-3-4-10(16)13(17)12(9)15/h1-4,6H,5H2. The Balaban J connectivity index is 2.25. The number of hydrogen-bond donors (Lipinski definition) is 0. The lowest BCUT2D eigenvalue weighted by atomic mass is 10.1. The first-order chi connectivity index (χ1) is 8.99. The highest BCUT2D eigenvalue weighted by molar-refractivity contribution is 9.10. The van der Waals surface area contributed by atoms with E-state index in [0.717, 1.165) is 10.5 Å². The van der Waals surface area contributed by atoms with E-state index in [0.29, 0.717) is 5.69 Å². The molecule has 6 heteroatoms. The fourth-order valence-electron chi connectivity index (χ4n) is 1.51. The third-order valence-corrected chi connectivity index (χ3v) is 3.71. The lowest BCUT2D eigenvalue weighted by Crippen LogP contribution is -2.07. The van der Waals surface area contributed by atoms with Crippen LogP contribution in [0.4, 0.5) is 8.78 Å². The number of hydrogen-bond acceptors (Lipinski definition) is 2. The maximum atomic E-state index is 13.3. The van der Waals surface area contributed by atoms with Gasteiger partial charge in [0, 0.05) is 21.9 Å². The molecular formula is C13H7Br2F2NO. The van der Waals surface area contributed by atoms with Gasteiger partial charge in [0.2, 0.25) is 0 Å². The van der Waals surface area contributed by atoms with Crippen molar-refractivity contribution in [3.8, 4) is 0 Å². The number of Topliss-reactive ketones (excluding diaryl/α,β-unsaturated/α-hetero) is 1. The maximum Gasteiger partial charge on any atom is 0.173 e. The molecule has 1 heterocycles. The summed E-state index contributed by atoms with van der Waals surface area (Å²) in [6, 6.07) is 5.64. The second-order valence-corrected chi connectivity index (χ2v) is 5.50. The van der Waals surface area contributed by atoms with Gasteiger partial charge in [0.05, 0.1) is 10.9 Å². The first kappa shape index (κ1) is 14.3. The molecule has 0 fully saturated rings. The maximum absolute atomic E-state index is 13.3. The smallest absolute Gasteiger partial charge is 0.173 e. The third kappa shape index (κ3) is 3.25. The van der Waals surface area contributed by atoms with Crippen molar-refractivity contribution in [2.45, 2.75) is 6.42 Å². The molecule has 2 nitrogen and oxygen atoms in total. The number of carbonyl (C=O) groups excluding carboxylic acids is 1. The van der Waals surface area contributed by atoms with Crippen LogP contribution in [-0.2, 0) is 6.42 Å². The summed E-state index contributed by atoms with van der Waals surface area (Å²) in [4.78, 5) is 16.1. The van der Waals surface area contributed by atoms with E-state index in [1.807, 2.05) is 0 Å². The highest BCUT2D eigenvalue weighted by atomic mass is 79.9. The van der Waals surface area contributed by atoms with Crippen molar-refractivity contribution in [1.82, 2.24) is 4.98 Å². The van der Waals surface area contributed by atoms with E-state index in [1.54, 1.807) is 18.3 Å². The van der Waals surface area contributed by atoms with Crippen molar-refractivity contribution in [2.75, 3.05) is 0 Å². The second kappa shape index (κ2) is 5.88. The minimum atomic E-state index is -1.06. The minimum absolute atomic E-state index is 0.0248. The zero-order chi connectivity index (χ0) is 14.0. The summed E-state index contributed by atoms with van der Waals surface area (Å²) >= 11 is 6.13. The van der Waals surface area contributed by atoms with E-state index in [-0.39, 0.29) is 22.2 Å². The summed E-state index contributed by atoms with van der Waals surface area (Å²) in [5, 5.41) is 0. The molecule has 0 spiro atoms.